The molecule has 1 aliphatic carbocycles. The topological polar surface area (TPSA) is 49.8 Å². The van der Waals surface area contributed by atoms with Crippen LogP contribution in [0.15, 0.2) is 48.5 Å². The van der Waals surface area contributed by atoms with Gasteiger partial charge >= 0.3 is 5.97 Å². The minimum absolute atomic E-state index is 0.108. The average molecular weight is 438 g/mol. The first-order chi connectivity index (χ1) is 15.2. The third-order valence-electron chi connectivity index (χ3n) is 6.66. The van der Waals surface area contributed by atoms with Gasteiger partial charge < -0.3 is 14.7 Å². The van der Waals surface area contributed by atoms with Crippen LogP contribution in [0.3, 0.4) is 0 Å². The van der Waals surface area contributed by atoms with Crippen LogP contribution in [0.2, 0.25) is 0 Å². The van der Waals surface area contributed by atoms with E-state index in [1.807, 2.05) is 57.4 Å². The second-order valence-electron chi connectivity index (χ2n) is 10.1. The van der Waals surface area contributed by atoms with E-state index in [-0.39, 0.29) is 17.8 Å². The van der Waals surface area contributed by atoms with E-state index in [0.29, 0.717) is 18.1 Å². The molecule has 0 spiro atoms. The normalized spacial score (nSPS) is 22.2. The Bertz CT molecular complexity index is 890. The quantitative estimate of drug-likeness (QED) is 0.435. The van der Waals surface area contributed by atoms with Crippen LogP contribution < -0.4 is 4.74 Å². The van der Waals surface area contributed by atoms with Crippen LogP contribution >= 0.6 is 0 Å². The number of carbonyl (C=O) groups excluding carboxylic acids is 1. The standard InChI is InChI=1S/C28H39NO3/c1-20(2)18-22-13-15-23(16-14-22)21(3)27(30)32-26-12-7-6-11-25(26)28(31)17-9-8-10-24(28)19-29(4)5/h6-7,11-16,20-21,24,31H,8-10,17-19H2,1-5H3. The summed E-state index contributed by atoms with van der Waals surface area (Å²) in [6.45, 7) is 7.09. The number of nitrogens with zero attached hydrogens (tertiary/aromatic N) is 1. The Kier molecular flexibility index (Phi) is 8.13. The molecule has 32 heavy (non-hydrogen) atoms. The number of carbonyl (C=O) groups is 1. The summed E-state index contributed by atoms with van der Waals surface area (Å²) in [5.41, 5.74) is 1.98. The molecular weight excluding hydrogens is 398 g/mol. The fraction of sp³-hybridized carbons (Fsp3) is 0.536. The van der Waals surface area contributed by atoms with Gasteiger partial charge in [0.05, 0.1) is 11.5 Å². The molecule has 2 aromatic rings. The number of esters is 1. The van der Waals surface area contributed by atoms with Crippen LogP contribution in [-0.4, -0.2) is 36.6 Å². The first kappa shape index (κ1) is 24.5. The van der Waals surface area contributed by atoms with E-state index in [1.165, 1.54) is 5.56 Å². The maximum atomic E-state index is 13.1. The van der Waals surface area contributed by atoms with Crippen molar-refractivity contribution < 1.29 is 14.6 Å². The van der Waals surface area contributed by atoms with Crippen molar-refractivity contribution in [2.24, 2.45) is 11.8 Å². The summed E-state index contributed by atoms with van der Waals surface area (Å²) in [5.74, 6) is 0.514. The summed E-state index contributed by atoms with van der Waals surface area (Å²) in [6.07, 6.45) is 4.77. The molecule has 1 saturated carbocycles. The lowest BCUT2D eigenvalue weighted by atomic mass is 9.71. The predicted molar refractivity (Wildman–Crippen MR) is 130 cm³/mol. The molecule has 0 radical (unpaired) electrons. The Morgan fingerprint density at radius 3 is 2.44 bits per heavy atom. The van der Waals surface area contributed by atoms with E-state index in [9.17, 15) is 9.90 Å². The molecule has 1 fully saturated rings. The van der Waals surface area contributed by atoms with Gasteiger partial charge in [-0.3, -0.25) is 4.79 Å². The summed E-state index contributed by atoms with van der Waals surface area (Å²) >= 11 is 0. The van der Waals surface area contributed by atoms with Gasteiger partial charge in [0.25, 0.3) is 0 Å². The molecule has 0 aromatic heterocycles. The summed E-state index contributed by atoms with van der Waals surface area (Å²) in [5, 5.41) is 11.8. The lowest BCUT2D eigenvalue weighted by Crippen LogP contribution is -2.43. The Hall–Kier alpha value is -2.17. The van der Waals surface area contributed by atoms with E-state index in [1.54, 1.807) is 0 Å². The van der Waals surface area contributed by atoms with Gasteiger partial charge in [-0.05, 0) is 63.4 Å². The molecular formula is C28H39NO3. The van der Waals surface area contributed by atoms with Gasteiger partial charge in [-0.25, -0.2) is 0 Å². The van der Waals surface area contributed by atoms with E-state index >= 15 is 0 Å². The molecule has 4 heteroatoms. The number of para-hydroxylation sites is 1. The molecule has 0 aliphatic heterocycles. The van der Waals surface area contributed by atoms with Crippen molar-refractivity contribution >= 4 is 5.97 Å². The van der Waals surface area contributed by atoms with E-state index in [0.717, 1.165) is 43.4 Å². The van der Waals surface area contributed by atoms with Gasteiger partial charge in [0.15, 0.2) is 0 Å². The highest BCUT2D eigenvalue weighted by Gasteiger charge is 2.42. The fourth-order valence-electron chi connectivity index (χ4n) is 4.93. The van der Waals surface area contributed by atoms with Crippen LogP contribution in [0.5, 0.6) is 5.75 Å². The van der Waals surface area contributed by atoms with Gasteiger partial charge in [-0.15, -0.1) is 0 Å². The number of rotatable bonds is 8. The van der Waals surface area contributed by atoms with Crippen LogP contribution in [0, 0.1) is 11.8 Å². The zero-order valence-electron chi connectivity index (χ0n) is 20.3. The molecule has 3 atom stereocenters. The zero-order chi connectivity index (χ0) is 23.3. The summed E-state index contributed by atoms with van der Waals surface area (Å²) < 4.78 is 5.92. The van der Waals surface area contributed by atoms with E-state index in [2.05, 4.69) is 30.9 Å². The van der Waals surface area contributed by atoms with Crippen LogP contribution in [0.1, 0.15) is 69.1 Å². The van der Waals surface area contributed by atoms with Crippen molar-refractivity contribution in [1.29, 1.82) is 0 Å². The van der Waals surface area contributed by atoms with Crippen molar-refractivity contribution in [1.82, 2.24) is 4.90 Å². The van der Waals surface area contributed by atoms with Crippen molar-refractivity contribution in [2.45, 2.75) is 64.4 Å². The van der Waals surface area contributed by atoms with E-state index in [4.69, 9.17) is 4.74 Å². The summed E-state index contributed by atoms with van der Waals surface area (Å²) in [4.78, 5) is 15.2. The van der Waals surface area contributed by atoms with E-state index < -0.39 is 5.60 Å². The maximum Gasteiger partial charge on any atom is 0.318 e. The smallest absolute Gasteiger partial charge is 0.318 e. The second kappa shape index (κ2) is 10.6. The molecule has 2 aromatic carbocycles. The lowest BCUT2D eigenvalue weighted by Gasteiger charge is -2.42. The minimum atomic E-state index is -0.985. The number of ether oxygens (including phenoxy) is 1. The first-order valence-electron chi connectivity index (χ1n) is 12.0. The number of hydrogen-bond acceptors (Lipinski definition) is 4. The van der Waals surface area contributed by atoms with Crippen molar-refractivity contribution in [2.75, 3.05) is 20.6 Å². The molecule has 4 nitrogen and oxygen atoms in total. The summed E-state index contributed by atoms with van der Waals surface area (Å²) in [7, 11) is 4.07. The first-order valence-corrected chi connectivity index (χ1v) is 12.0. The van der Waals surface area contributed by atoms with Crippen LogP contribution in [0.25, 0.3) is 0 Å². The number of hydrogen-bond donors (Lipinski definition) is 1. The Morgan fingerprint density at radius 2 is 1.78 bits per heavy atom. The Balaban J connectivity index is 1.80. The molecule has 174 valence electrons. The van der Waals surface area contributed by atoms with Gasteiger partial charge in [-0.2, -0.15) is 0 Å². The Labute approximate surface area is 193 Å². The average Bonchev–Trinajstić information content (AvgIpc) is 2.75. The minimum Gasteiger partial charge on any atom is -0.426 e. The fourth-order valence-corrected chi connectivity index (χ4v) is 4.93. The zero-order valence-corrected chi connectivity index (χ0v) is 20.3. The summed E-state index contributed by atoms with van der Waals surface area (Å²) in [6, 6.07) is 15.8. The third kappa shape index (κ3) is 5.79. The van der Waals surface area contributed by atoms with Gasteiger partial charge in [0.1, 0.15) is 5.75 Å². The van der Waals surface area contributed by atoms with Crippen molar-refractivity contribution in [3.63, 3.8) is 0 Å². The van der Waals surface area contributed by atoms with Gasteiger partial charge in [-0.1, -0.05) is 69.2 Å². The van der Waals surface area contributed by atoms with Crippen molar-refractivity contribution in [3.05, 3.63) is 65.2 Å². The van der Waals surface area contributed by atoms with Crippen molar-refractivity contribution in [3.8, 4) is 5.75 Å². The molecule has 0 amide bonds. The molecule has 0 bridgehead atoms. The molecule has 1 aliphatic rings. The highest BCUT2D eigenvalue weighted by molar-refractivity contribution is 5.80. The molecule has 3 rings (SSSR count). The molecule has 0 heterocycles. The highest BCUT2D eigenvalue weighted by atomic mass is 16.5. The Morgan fingerprint density at radius 1 is 1.09 bits per heavy atom. The maximum absolute atomic E-state index is 13.1. The molecule has 0 saturated heterocycles. The third-order valence-corrected chi connectivity index (χ3v) is 6.66. The molecule has 1 N–H and O–H groups in total. The van der Waals surface area contributed by atoms with Crippen LogP contribution in [-0.2, 0) is 16.8 Å². The highest BCUT2D eigenvalue weighted by Crippen LogP contribution is 2.45. The monoisotopic (exact) mass is 437 g/mol. The number of benzene rings is 2. The second-order valence-corrected chi connectivity index (χ2v) is 10.1. The lowest BCUT2D eigenvalue weighted by molar-refractivity contribution is -0.136. The van der Waals surface area contributed by atoms with Gasteiger partial charge in [0.2, 0.25) is 0 Å². The largest absolute Gasteiger partial charge is 0.426 e. The predicted octanol–water partition coefficient (Wildman–Crippen LogP) is 5.53. The van der Waals surface area contributed by atoms with Crippen LogP contribution in [0.4, 0.5) is 0 Å². The number of aliphatic hydroxyl groups is 1. The van der Waals surface area contributed by atoms with Gasteiger partial charge in [0, 0.05) is 18.0 Å². The molecule has 3 unspecified atom stereocenters. The SMILES string of the molecule is CC(C)Cc1ccc(C(C)C(=O)Oc2ccccc2C2(O)CCCCC2CN(C)C)cc1.